The van der Waals surface area contributed by atoms with Crippen molar-refractivity contribution in [1.29, 1.82) is 0 Å². The zero-order valence-corrected chi connectivity index (χ0v) is 16.3. The quantitative estimate of drug-likeness (QED) is 0.409. The third kappa shape index (κ3) is 5.01. The maximum atomic E-state index is 14.0. The fourth-order valence-electron chi connectivity index (χ4n) is 2.46. The van der Waals surface area contributed by atoms with Crippen molar-refractivity contribution in [2.24, 2.45) is 0 Å². The molecular formula is C18H19F11O2. The lowest BCUT2D eigenvalue weighted by Gasteiger charge is -2.39. The summed E-state index contributed by atoms with van der Waals surface area (Å²) in [4.78, 5) is 0. The van der Waals surface area contributed by atoms with Crippen LogP contribution in [0.25, 0.3) is 0 Å². The molecule has 31 heavy (non-hydrogen) atoms. The Morgan fingerprint density at radius 3 is 1.65 bits per heavy atom. The summed E-state index contributed by atoms with van der Waals surface area (Å²) in [6.45, 7) is 3.95. The highest BCUT2D eigenvalue weighted by molar-refractivity contribution is 5.31. The van der Waals surface area contributed by atoms with Gasteiger partial charge in [0.05, 0.1) is 18.1 Å². The van der Waals surface area contributed by atoms with Gasteiger partial charge in [0.1, 0.15) is 5.75 Å². The molecule has 2 nitrogen and oxygen atoms in total. The second-order valence-corrected chi connectivity index (χ2v) is 7.24. The lowest BCUT2D eigenvalue weighted by atomic mass is 9.85. The summed E-state index contributed by atoms with van der Waals surface area (Å²) in [5, 5.41) is 10.1. The van der Waals surface area contributed by atoms with Gasteiger partial charge in [-0.05, 0) is 38.0 Å². The summed E-state index contributed by atoms with van der Waals surface area (Å²) in [5.41, 5.74) is -3.53. The molecule has 0 spiro atoms. The maximum absolute atomic E-state index is 14.0. The van der Waals surface area contributed by atoms with E-state index in [0.29, 0.717) is 13.3 Å². The number of hydrogen-bond donors (Lipinski definition) is 1. The molecule has 0 radical (unpaired) electrons. The Bertz CT molecular complexity index is 740. The molecule has 1 N–H and O–H groups in total. The minimum absolute atomic E-state index is 0.183. The van der Waals surface area contributed by atoms with Crippen molar-refractivity contribution in [1.82, 2.24) is 0 Å². The second-order valence-electron chi connectivity index (χ2n) is 7.24. The number of alkyl halides is 11. The largest absolute Gasteiger partial charge is 0.491 e. The molecule has 0 aromatic heterocycles. The summed E-state index contributed by atoms with van der Waals surface area (Å²) < 4.78 is 150. The molecule has 0 saturated heterocycles. The van der Waals surface area contributed by atoms with E-state index in [4.69, 9.17) is 4.74 Å². The van der Waals surface area contributed by atoms with Crippen molar-refractivity contribution < 1.29 is 58.1 Å². The van der Waals surface area contributed by atoms with Crippen LogP contribution in [0.5, 0.6) is 5.75 Å². The molecule has 180 valence electrons. The average molecular weight is 476 g/mol. The van der Waals surface area contributed by atoms with Crippen LogP contribution in [0, 0.1) is 0 Å². The minimum Gasteiger partial charge on any atom is -0.491 e. The number of rotatable bonds is 9. The van der Waals surface area contributed by atoms with Gasteiger partial charge in [-0.25, -0.2) is 0 Å². The summed E-state index contributed by atoms with van der Waals surface area (Å²) in [7, 11) is 0. The molecule has 13 heteroatoms. The van der Waals surface area contributed by atoms with E-state index in [2.05, 4.69) is 0 Å². The summed E-state index contributed by atoms with van der Waals surface area (Å²) >= 11 is 0. The van der Waals surface area contributed by atoms with E-state index in [1.165, 1.54) is 0 Å². The first kappa shape index (κ1) is 27.2. The SMILES string of the molecule is CCC(C)Oc1ccc(C(C)(O)CC(F)(F)C(F)(F)C(F)(F)C(F)(F)C(F)(F)F)cc1. The van der Waals surface area contributed by atoms with Crippen LogP contribution in [0.3, 0.4) is 0 Å². The standard InChI is InChI=1S/C18H19F11O2/c1-4-10(2)31-12-7-5-11(6-8-12)13(3,30)9-14(19,20)15(21,22)16(23,24)17(25,26)18(27,28)29/h5-8,10,30H,4,9H2,1-3H3. The first-order chi connectivity index (χ1) is 13.6. The van der Waals surface area contributed by atoms with Gasteiger partial charge in [0, 0.05) is 0 Å². The third-order valence-electron chi connectivity index (χ3n) is 4.56. The Labute approximate surface area is 170 Å². The van der Waals surface area contributed by atoms with Crippen molar-refractivity contribution in [3.05, 3.63) is 29.8 Å². The maximum Gasteiger partial charge on any atom is 0.460 e. The van der Waals surface area contributed by atoms with Gasteiger partial charge in [-0.1, -0.05) is 19.1 Å². The number of ether oxygens (including phenoxy) is 1. The fourth-order valence-corrected chi connectivity index (χ4v) is 2.46. The van der Waals surface area contributed by atoms with Gasteiger partial charge in [-0.3, -0.25) is 0 Å². The van der Waals surface area contributed by atoms with Gasteiger partial charge in [0.2, 0.25) is 0 Å². The highest BCUT2D eigenvalue weighted by Crippen LogP contribution is 2.59. The monoisotopic (exact) mass is 476 g/mol. The molecule has 2 atom stereocenters. The minimum atomic E-state index is -7.51. The van der Waals surface area contributed by atoms with Crippen molar-refractivity contribution in [2.45, 2.75) is 75.2 Å². The lowest BCUT2D eigenvalue weighted by Crippen LogP contribution is -2.67. The molecule has 0 saturated carbocycles. The van der Waals surface area contributed by atoms with E-state index in [9.17, 15) is 53.4 Å². The number of benzene rings is 1. The Kier molecular flexibility index (Phi) is 7.28. The smallest absolute Gasteiger partial charge is 0.460 e. The summed E-state index contributed by atoms with van der Waals surface area (Å²) in [5.74, 6) is -28.1. The van der Waals surface area contributed by atoms with E-state index < -0.39 is 47.5 Å². The molecule has 1 rings (SSSR count). The first-order valence-electron chi connectivity index (χ1n) is 8.71. The van der Waals surface area contributed by atoms with Gasteiger partial charge < -0.3 is 9.84 Å². The molecule has 0 heterocycles. The van der Waals surface area contributed by atoms with E-state index in [0.717, 1.165) is 24.3 Å². The lowest BCUT2D eigenvalue weighted by molar-refractivity contribution is -0.424. The zero-order valence-electron chi connectivity index (χ0n) is 16.3. The first-order valence-corrected chi connectivity index (χ1v) is 8.71. The molecule has 2 unspecified atom stereocenters. The molecule has 0 aliphatic rings. The Balaban J connectivity index is 3.23. The van der Waals surface area contributed by atoms with Crippen LogP contribution in [0.1, 0.15) is 39.2 Å². The van der Waals surface area contributed by atoms with E-state index in [1.54, 1.807) is 13.8 Å². The second kappa shape index (κ2) is 8.28. The topological polar surface area (TPSA) is 29.5 Å². The van der Waals surface area contributed by atoms with Crippen molar-refractivity contribution >= 4 is 0 Å². The molecule has 1 aromatic carbocycles. The highest BCUT2D eigenvalue weighted by atomic mass is 19.4. The fraction of sp³-hybridized carbons (Fsp3) is 0.667. The molecule has 0 aliphatic heterocycles. The number of aliphatic hydroxyl groups is 1. The van der Waals surface area contributed by atoms with Crippen LogP contribution in [0.2, 0.25) is 0 Å². The summed E-state index contributed by atoms with van der Waals surface area (Å²) in [6, 6.07) is 4.13. The average Bonchev–Trinajstić information content (AvgIpc) is 2.59. The van der Waals surface area contributed by atoms with Crippen molar-refractivity contribution in [2.75, 3.05) is 0 Å². The van der Waals surface area contributed by atoms with Crippen LogP contribution < -0.4 is 4.74 Å². The van der Waals surface area contributed by atoms with E-state index >= 15 is 0 Å². The normalized spacial score (nSPS) is 17.3. The zero-order chi connectivity index (χ0) is 24.7. The van der Waals surface area contributed by atoms with Crippen LogP contribution in [0.15, 0.2) is 24.3 Å². The molecule has 1 aromatic rings. The Morgan fingerprint density at radius 2 is 1.26 bits per heavy atom. The highest BCUT2D eigenvalue weighted by Gasteiger charge is 2.87. The number of hydrogen-bond acceptors (Lipinski definition) is 2. The van der Waals surface area contributed by atoms with Gasteiger partial charge in [-0.2, -0.15) is 48.3 Å². The van der Waals surface area contributed by atoms with E-state index in [1.807, 2.05) is 0 Å². The molecule has 0 bridgehead atoms. The van der Waals surface area contributed by atoms with Gasteiger partial charge >= 0.3 is 29.9 Å². The van der Waals surface area contributed by atoms with Crippen LogP contribution >= 0.6 is 0 Å². The summed E-state index contributed by atoms with van der Waals surface area (Å²) in [6.07, 6.45) is -9.50. The van der Waals surface area contributed by atoms with Crippen LogP contribution in [0.4, 0.5) is 48.3 Å². The van der Waals surface area contributed by atoms with Crippen molar-refractivity contribution in [3.63, 3.8) is 0 Å². The van der Waals surface area contributed by atoms with E-state index in [-0.39, 0.29) is 11.9 Å². The third-order valence-corrected chi connectivity index (χ3v) is 4.56. The van der Waals surface area contributed by atoms with Crippen LogP contribution in [-0.2, 0) is 5.60 Å². The van der Waals surface area contributed by atoms with Crippen molar-refractivity contribution in [3.8, 4) is 5.75 Å². The Hall–Kier alpha value is -1.79. The Morgan fingerprint density at radius 1 is 0.806 bits per heavy atom. The van der Waals surface area contributed by atoms with Gasteiger partial charge in [-0.15, -0.1) is 0 Å². The molecular weight excluding hydrogens is 457 g/mol. The molecule has 0 aliphatic carbocycles. The number of halogens is 11. The molecule has 0 amide bonds. The van der Waals surface area contributed by atoms with Crippen LogP contribution in [-0.4, -0.2) is 41.1 Å². The predicted octanol–water partition coefficient (Wildman–Crippen LogP) is 6.57. The van der Waals surface area contributed by atoms with Gasteiger partial charge in [0.15, 0.2) is 0 Å². The predicted molar refractivity (Wildman–Crippen MR) is 86.9 cm³/mol. The van der Waals surface area contributed by atoms with Gasteiger partial charge in [0.25, 0.3) is 0 Å². The molecule has 0 fully saturated rings.